The summed E-state index contributed by atoms with van der Waals surface area (Å²) in [6.45, 7) is 3.38. The van der Waals surface area contributed by atoms with Gasteiger partial charge in [0.05, 0.1) is 11.1 Å². The van der Waals surface area contributed by atoms with Crippen LogP contribution in [0.25, 0.3) is 10.9 Å². The van der Waals surface area contributed by atoms with Gasteiger partial charge in [-0.25, -0.2) is 0 Å². The molecule has 5 nitrogen and oxygen atoms in total. The number of likely N-dealkylation sites (tertiary alicyclic amines) is 1. The van der Waals surface area contributed by atoms with E-state index >= 15 is 0 Å². The Kier molecular flexibility index (Phi) is 3.01. The van der Waals surface area contributed by atoms with Crippen molar-refractivity contribution >= 4 is 16.8 Å². The maximum atomic E-state index is 12.5. The Labute approximate surface area is 118 Å². The van der Waals surface area contributed by atoms with Crippen LogP contribution < -0.4 is 5.73 Å². The molecule has 0 spiro atoms. The van der Waals surface area contributed by atoms with E-state index in [1.54, 1.807) is 9.58 Å². The minimum atomic E-state index is -0.199. The van der Waals surface area contributed by atoms with Gasteiger partial charge in [-0.1, -0.05) is 31.5 Å². The molecule has 106 valence electrons. The van der Waals surface area contributed by atoms with Crippen LogP contribution in [0.15, 0.2) is 24.3 Å². The minimum Gasteiger partial charge on any atom is -0.333 e. The van der Waals surface area contributed by atoms with E-state index in [1.807, 2.05) is 31.3 Å². The summed E-state index contributed by atoms with van der Waals surface area (Å²) in [5.74, 6) is -0.0148. The number of aromatic nitrogens is 2. The highest BCUT2D eigenvalue weighted by atomic mass is 16.2. The van der Waals surface area contributed by atoms with Gasteiger partial charge in [0, 0.05) is 25.5 Å². The highest BCUT2D eigenvalue weighted by Crippen LogP contribution is 2.27. The van der Waals surface area contributed by atoms with Crippen molar-refractivity contribution < 1.29 is 4.79 Å². The number of amides is 1. The van der Waals surface area contributed by atoms with Gasteiger partial charge in [-0.05, 0) is 12.5 Å². The van der Waals surface area contributed by atoms with E-state index in [9.17, 15) is 4.79 Å². The third kappa shape index (κ3) is 1.98. The second-order valence-corrected chi connectivity index (χ2v) is 5.76. The molecule has 0 saturated carbocycles. The Morgan fingerprint density at radius 2 is 2.10 bits per heavy atom. The number of carbonyl (C=O) groups is 1. The topological polar surface area (TPSA) is 64.2 Å². The zero-order valence-electron chi connectivity index (χ0n) is 12.0. The summed E-state index contributed by atoms with van der Waals surface area (Å²) >= 11 is 0. The summed E-state index contributed by atoms with van der Waals surface area (Å²) in [6, 6.07) is 7.80. The van der Waals surface area contributed by atoms with Gasteiger partial charge in [-0.2, -0.15) is 5.10 Å². The van der Waals surface area contributed by atoms with Gasteiger partial charge >= 0.3 is 0 Å². The van der Waals surface area contributed by atoms with Gasteiger partial charge in [-0.15, -0.1) is 0 Å². The van der Waals surface area contributed by atoms with Crippen LogP contribution in [-0.4, -0.2) is 39.2 Å². The number of nitrogens with two attached hydrogens (primary N) is 1. The van der Waals surface area contributed by atoms with Gasteiger partial charge in [0.15, 0.2) is 5.69 Å². The number of hydrogen-bond acceptors (Lipinski definition) is 3. The van der Waals surface area contributed by atoms with Crippen molar-refractivity contribution in [3.63, 3.8) is 0 Å². The molecule has 1 fully saturated rings. The van der Waals surface area contributed by atoms with E-state index in [4.69, 9.17) is 5.73 Å². The summed E-state index contributed by atoms with van der Waals surface area (Å²) in [7, 11) is 1.86. The molecule has 2 aromatic rings. The van der Waals surface area contributed by atoms with Crippen LogP contribution in [0, 0.1) is 0 Å². The predicted octanol–water partition coefficient (Wildman–Crippen LogP) is 1.53. The summed E-state index contributed by atoms with van der Waals surface area (Å²) in [6.07, 6.45) is 2.00. The molecule has 0 atom stereocenters. The summed E-state index contributed by atoms with van der Waals surface area (Å²) in [5, 5.41) is 5.28. The second kappa shape index (κ2) is 4.59. The van der Waals surface area contributed by atoms with E-state index in [2.05, 4.69) is 12.0 Å². The van der Waals surface area contributed by atoms with Gasteiger partial charge in [0.2, 0.25) is 0 Å². The number of fused-ring (bicyclic) bond motifs is 1. The molecule has 1 aliphatic heterocycles. The van der Waals surface area contributed by atoms with Crippen LogP contribution in [0.1, 0.15) is 30.3 Å². The standard InChI is InChI=1S/C15H20N4O/c1-3-8-15(16)9-19(10-15)14(20)13-11-6-4-5-7-12(11)18(2)17-13/h4-7H,3,8-10,16H2,1-2H3. The minimum absolute atomic E-state index is 0.0148. The maximum absolute atomic E-state index is 12.5. The monoisotopic (exact) mass is 272 g/mol. The molecule has 1 saturated heterocycles. The highest BCUT2D eigenvalue weighted by Gasteiger charge is 2.42. The molecule has 20 heavy (non-hydrogen) atoms. The molecular formula is C15H20N4O. The molecule has 2 heterocycles. The summed E-state index contributed by atoms with van der Waals surface area (Å²) in [5.41, 5.74) is 7.52. The fourth-order valence-corrected chi connectivity index (χ4v) is 3.04. The first-order valence-corrected chi connectivity index (χ1v) is 7.04. The second-order valence-electron chi connectivity index (χ2n) is 5.76. The van der Waals surface area contributed by atoms with Crippen LogP contribution in [0.3, 0.4) is 0 Å². The van der Waals surface area contributed by atoms with Gasteiger partial charge < -0.3 is 10.6 Å². The van der Waals surface area contributed by atoms with Crippen molar-refractivity contribution in [1.82, 2.24) is 14.7 Å². The summed E-state index contributed by atoms with van der Waals surface area (Å²) < 4.78 is 1.75. The van der Waals surface area contributed by atoms with Crippen molar-refractivity contribution in [2.75, 3.05) is 13.1 Å². The van der Waals surface area contributed by atoms with E-state index in [1.165, 1.54) is 0 Å². The van der Waals surface area contributed by atoms with Gasteiger partial charge in [0.1, 0.15) is 0 Å². The smallest absolute Gasteiger partial charge is 0.275 e. The molecule has 1 aromatic heterocycles. The fourth-order valence-electron chi connectivity index (χ4n) is 3.04. The van der Waals surface area contributed by atoms with Crippen LogP contribution in [-0.2, 0) is 7.05 Å². The number of aryl methyl sites for hydroxylation is 1. The number of hydrogen-bond donors (Lipinski definition) is 1. The van der Waals surface area contributed by atoms with E-state index < -0.39 is 0 Å². The molecule has 0 bridgehead atoms. The van der Waals surface area contributed by atoms with Crippen molar-refractivity contribution in [2.45, 2.75) is 25.3 Å². The van der Waals surface area contributed by atoms with Crippen LogP contribution >= 0.6 is 0 Å². The first kappa shape index (κ1) is 13.1. The molecule has 2 N–H and O–H groups in total. The van der Waals surface area contributed by atoms with Crippen LogP contribution in [0.4, 0.5) is 0 Å². The highest BCUT2D eigenvalue weighted by molar-refractivity contribution is 6.05. The quantitative estimate of drug-likeness (QED) is 0.921. The Bertz CT molecular complexity index is 655. The van der Waals surface area contributed by atoms with E-state index in [0.717, 1.165) is 23.7 Å². The first-order valence-electron chi connectivity index (χ1n) is 7.04. The largest absolute Gasteiger partial charge is 0.333 e. The van der Waals surface area contributed by atoms with Crippen LogP contribution in [0.2, 0.25) is 0 Å². The van der Waals surface area contributed by atoms with E-state index in [0.29, 0.717) is 18.8 Å². The SMILES string of the molecule is CCCC1(N)CN(C(=O)c2nn(C)c3ccccc23)C1. The third-order valence-electron chi connectivity index (χ3n) is 4.01. The Morgan fingerprint density at radius 1 is 1.40 bits per heavy atom. The molecule has 0 aliphatic carbocycles. The van der Waals surface area contributed by atoms with Gasteiger partial charge in [-0.3, -0.25) is 9.48 Å². The van der Waals surface area contributed by atoms with Crippen molar-refractivity contribution in [2.24, 2.45) is 12.8 Å². The lowest BCUT2D eigenvalue weighted by Crippen LogP contribution is -2.68. The van der Waals surface area contributed by atoms with E-state index in [-0.39, 0.29) is 11.4 Å². The molecule has 5 heteroatoms. The molecule has 1 amide bonds. The average Bonchev–Trinajstić information content (AvgIpc) is 2.73. The zero-order valence-corrected chi connectivity index (χ0v) is 12.0. The predicted molar refractivity (Wildman–Crippen MR) is 78.4 cm³/mol. The number of carbonyl (C=O) groups excluding carboxylic acids is 1. The molecular weight excluding hydrogens is 252 g/mol. The maximum Gasteiger partial charge on any atom is 0.275 e. The number of rotatable bonds is 3. The van der Waals surface area contributed by atoms with Crippen molar-refractivity contribution in [1.29, 1.82) is 0 Å². The Morgan fingerprint density at radius 3 is 2.80 bits per heavy atom. The molecule has 1 aliphatic rings. The Balaban J connectivity index is 1.85. The lowest BCUT2D eigenvalue weighted by Gasteiger charge is -2.47. The third-order valence-corrected chi connectivity index (χ3v) is 4.01. The lowest BCUT2D eigenvalue weighted by molar-refractivity contribution is 0.0382. The zero-order chi connectivity index (χ0) is 14.3. The van der Waals surface area contributed by atoms with Crippen LogP contribution in [0.5, 0.6) is 0 Å². The number of nitrogens with zero attached hydrogens (tertiary/aromatic N) is 3. The van der Waals surface area contributed by atoms with Gasteiger partial charge in [0.25, 0.3) is 5.91 Å². The number of benzene rings is 1. The molecule has 1 aromatic carbocycles. The number of para-hydroxylation sites is 1. The fraction of sp³-hybridized carbons (Fsp3) is 0.467. The lowest BCUT2D eigenvalue weighted by atomic mass is 9.86. The first-order chi connectivity index (χ1) is 9.54. The van der Waals surface area contributed by atoms with Crippen molar-refractivity contribution in [3.05, 3.63) is 30.0 Å². The normalized spacial score (nSPS) is 17.2. The molecule has 0 unspecified atom stereocenters. The van der Waals surface area contributed by atoms with Crippen molar-refractivity contribution in [3.8, 4) is 0 Å². The molecule has 3 rings (SSSR count). The molecule has 0 radical (unpaired) electrons. The average molecular weight is 272 g/mol. The Hall–Kier alpha value is -1.88. The summed E-state index contributed by atoms with van der Waals surface area (Å²) in [4.78, 5) is 14.3.